The van der Waals surface area contributed by atoms with E-state index in [1.165, 1.54) is 0 Å². The van der Waals surface area contributed by atoms with Crippen LogP contribution >= 0.6 is 0 Å². The minimum absolute atomic E-state index is 0.0938. The lowest BCUT2D eigenvalue weighted by Crippen LogP contribution is -2.19. The molecule has 0 saturated heterocycles. The standard InChI is InChI=1S/C8H12O3/c1-2-11-8(9)7-3-5-10-6-4-7/h3,5,7H,2,4,6H2,1H3. The first kappa shape index (κ1) is 8.11. The Morgan fingerprint density at radius 1 is 1.82 bits per heavy atom. The van der Waals surface area contributed by atoms with Crippen LogP contribution in [0.15, 0.2) is 12.3 Å². The summed E-state index contributed by atoms with van der Waals surface area (Å²) in [7, 11) is 0. The predicted molar refractivity (Wildman–Crippen MR) is 39.8 cm³/mol. The molecule has 0 amide bonds. The summed E-state index contributed by atoms with van der Waals surface area (Å²) in [6.07, 6.45) is 4.03. The average Bonchev–Trinajstić information content (AvgIpc) is 2.07. The maximum absolute atomic E-state index is 11.1. The highest BCUT2D eigenvalue weighted by atomic mass is 16.5. The summed E-state index contributed by atoms with van der Waals surface area (Å²) in [4.78, 5) is 11.1. The normalized spacial score (nSPS) is 22.5. The van der Waals surface area contributed by atoms with E-state index < -0.39 is 0 Å². The third-order valence-electron chi connectivity index (χ3n) is 1.54. The van der Waals surface area contributed by atoms with Gasteiger partial charge in [0, 0.05) is 0 Å². The molecule has 0 fully saturated rings. The summed E-state index contributed by atoms with van der Waals surface area (Å²) in [6.45, 7) is 2.87. The van der Waals surface area contributed by atoms with E-state index in [4.69, 9.17) is 9.47 Å². The van der Waals surface area contributed by atoms with Crippen LogP contribution in [0.5, 0.6) is 0 Å². The summed E-state index contributed by atoms with van der Waals surface area (Å²) in [6, 6.07) is 0. The Balaban J connectivity index is 2.39. The molecule has 0 N–H and O–H groups in total. The first-order valence-electron chi connectivity index (χ1n) is 3.79. The van der Waals surface area contributed by atoms with Crippen molar-refractivity contribution in [3.05, 3.63) is 12.3 Å². The smallest absolute Gasteiger partial charge is 0.313 e. The van der Waals surface area contributed by atoms with Gasteiger partial charge in [0.1, 0.15) is 0 Å². The Morgan fingerprint density at radius 2 is 2.64 bits per heavy atom. The van der Waals surface area contributed by atoms with Crippen molar-refractivity contribution in [2.45, 2.75) is 13.3 Å². The van der Waals surface area contributed by atoms with Crippen molar-refractivity contribution >= 4 is 5.97 Å². The van der Waals surface area contributed by atoms with Gasteiger partial charge < -0.3 is 9.47 Å². The van der Waals surface area contributed by atoms with Gasteiger partial charge in [0.25, 0.3) is 0 Å². The molecule has 0 aliphatic carbocycles. The zero-order valence-electron chi connectivity index (χ0n) is 6.58. The highest BCUT2D eigenvalue weighted by molar-refractivity contribution is 5.74. The number of rotatable bonds is 2. The van der Waals surface area contributed by atoms with Crippen LogP contribution in [-0.2, 0) is 14.3 Å². The van der Waals surface area contributed by atoms with E-state index in [1.54, 1.807) is 19.3 Å². The van der Waals surface area contributed by atoms with Crippen molar-refractivity contribution in [1.29, 1.82) is 0 Å². The average molecular weight is 156 g/mol. The second kappa shape index (κ2) is 4.01. The van der Waals surface area contributed by atoms with Crippen molar-refractivity contribution in [3.63, 3.8) is 0 Å². The molecule has 1 rings (SSSR count). The molecule has 1 heterocycles. The zero-order valence-corrected chi connectivity index (χ0v) is 6.58. The summed E-state index contributed by atoms with van der Waals surface area (Å²) >= 11 is 0. The second-order valence-electron chi connectivity index (χ2n) is 2.35. The summed E-state index contributed by atoms with van der Waals surface area (Å²) in [5, 5.41) is 0. The van der Waals surface area contributed by atoms with Gasteiger partial charge in [-0.1, -0.05) is 0 Å². The Labute approximate surface area is 66.0 Å². The Kier molecular flexibility index (Phi) is 2.95. The largest absolute Gasteiger partial charge is 0.501 e. The molecule has 1 atom stereocenters. The second-order valence-corrected chi connectivity index (χ2v) is 2.35. The molecule has 1 aliphatic heterocycles. The molecule has 1 aliphatic rings. The summed E-state index contributed by atoms with van der Waals surface area (Å²) in [5.74, 6) is -0.240. The molecule has 62 valence electrons. The van der Waals surface area contributed by atoms with Crippen LogP contribution in [0.3, 0.4) is 0 Å². The van der Waals surface area contributed by atoms with Crippen molar-refractivity contribution in [2.75, 3.05) is 13.2 Å². The fourth-order valence-corrected chi connectivity index (χ4v) is 0.955. The minimum atomic E-state index is -0.146. The van der Waals surface area contributed by atoms with Gasteiger partial charge in [-0.2, -0.15) is 0 Å². The van der Waals surface area contributed by atoms with Crippen molar-refractivity contribution in [1.82, 2.24) is 0 Å². The van der Waals surface area contributed by atoms with Crippen LogP contribution in [0, 0.1) is 5.92 Å². The lowest BCUT2D eigenvalue weighted by Gasteiger charge is -2.14. The summed E-state index contributed by atoms with van der Waals surface area (Å²) < 4.78 is 9.78. The summed E-state index contributed by atoms with van der Waals surface area (Å²) in [5.41, 5.74) is 0. The molecule has 0 aromatic rings. The third kappa shape index (κ3) is 2.26. The molecule has 0 saturated carbocycles. The van der Waals surface area contributed by atoms with E-state index in [2.05, 4.69) is 0 Å². The molecule has 0 bridgehead atoms. The van der Waals surface area contributed by atoms with Gasteiger partial charge in [0.15, 0.2) is 0 Å². The van der Waals surface area contributed by atoms with Gasteiger partial charge in [-0.15, -0.1) is 0 Å². The first-order chi connectivity index (χ1) is 5.34. The first-order valence-corrected chi connectivity index (χ1v) is 3.79. The maximum atomic E-state index is 11.1. The van der Waals surface area contributed by atoms with E-state index in [0.29, 0.717) is 13.2 Å². The Bertz CT molecular complexity index is 163. The van der Waals surface area contributed by atoms with Gasteiger partial charge in [-0.25, -0.2) is 0 Å². The lowest BCUT2D eigenvalue weighted by atomic mass is 10.1. The Morgan fingerprint density at radius 3 is 3.18 bits per heavy atom. The van der Waals surface area contributed by atoms with E-state index in [0.717, 1.165) is 6.42 Å². The highest BCUT2D eigenvalue weighted by Crippen LogP contribution is 2.12. The highest BCUT2D eigenvalue weighted by Gasteiger charge is 2.18. The molecular weight excluding hydrogens is 144 g/mol. The van der Waals surface area contributed by atoms with E-state index in [1.807, 2.05) is 0 Å². The van der Waals surface area contributed by atoms with Gasteiger partial charge in [0.2, 0.25) is 0 Å². The van der Waals surface area contributed by atoms with E-state index in [-0.39, 0.29) is 11.9 Å². The minimum Gasteiger partial charge on any atom is -0.501 e. The number of carbonyl (C=O) groups is 1. The Hall–Kier alpha value is -0.990. The van der Waals surface area contributed by atoms with Crippen molar-refractivity contribution < 1.29 is 14.3 Å². The quantitative estimate of drug-likeness (QED) is 0.561. The molecule has 0 spiro atoms. The molecule has 0 aromatic carbocycles. The van der Waals surface area contributed by atoms with Gasteiger partial charge in [-0.05, 0) is 19.4 Å². The van der Waals surface area contributed by atoms with Crippen LogP contribution in [0.25, 0.3) is 0 Å². The molecule has 3 heteroatoms. The van der Waals surface area contributed by atoms with Gasteiger partial charge >= 0.3 is 5.97 Å². The lowest BCUT2D eigenvalue weighted by molar-refractivity contribution is -0.147. The molecule has 1 unspecified atom stereocenters. The fourth-order valence-electron chi connectivity index (χ4n) is 0.955. The number of hydrogen-bond acceptors (Lipinski definition) is 3. The monoisotopic (exact) mass is 156 g/mol. The number of carbonyl (C=O) groups excluding carboxylic acids is 1. The topological polar surface area (TPSA) is 35.5 Å². The van der Waals surface area contributed by atoms with Crippen molar-refractivity contribution in [3.8, 4) is 0 Å². The zero-order chi connectivity index (χ0) is 8.10. The van der Waals surface area contributed by atoms with Crippen LogP contribution < -0.4 is 0 Å². The molecule has 3 nitrogen and oxygen atoms in total. The molecule has 11 heavy (non-hydrogen) atoms. The van der Waals surface area contributed by atoms with E-state index >= 15 is 0 Å². The third-order valence-corrected chi connectivity index (χ3v) is 1.54. The van der Waals surface area contributed by atoms with Crippen LogP contribution in [0.2, 0.25) is 0 Å². The maximum Gasteiger partial charge on any atom is 0.313 e. The fraction of sp³-hybridized carbons (Fsp3) is 0.625. The molecule has 0 radical (unpaired) electrons. The van der Waals surface area contributed by atoms with Crippen LogP contribution in [0.1, 0.15) is 13.3 Å². The van der Waals surface area contributed by atoms with Crippen molar-refractivity contribution in [2.24, 2.45) is 5.92 Å². The van der Waals surface area contributed by atoms with Crippen LogP contribution in [0.4, 0.5) is 0 Å². The van der Waals surface area contributed by atoms with Gasteiger partial charge in [-0.3, -0.25) is 4.79 Å². The molecular formula is C8H12O3. The van der Waals surface area contributed by atoms with E-state index in [9.17, 15) is 4.79 Å². The predicted octanol–water partition coefficient (Wildman–Crippen LogP) is 1.10. The van der Waals surface area contributed by atoms with Crippen LogP contribution in [-0.4, -0.2) is 19.2 Å². The number of hydrogen-bond donors (Lipinski definition) is 0. The number of esters is 1. The molecule has 0 aromatic heterocycles. The number of ether oxygens (including phenoxy) is 2. The van der Waals surface area contributed by atoms with Gasteiger partial charge in [0.05, 0.1) is 25.4 Å². The SMILES string of the molecule is CCOC(=O)C1C=COCC1.